The zero-order valence-electron chi connectivity index (χ0n) is 17.4. The lowest BCUT2D eigenvalue weighted by Crippen LogP contribution is -2.30. The van der Waals surface area contributed by atoms with Crippen LogP contribution in [0.3, 0.4) is 0 Å². The van der Waals surface area contributed by atoms with Crippen molar-refractivity contribution in [2.75, 3.05) is 18.4 Å². The van der Waals surface area contributed by atoms with Gasteiger partial charge in [0.25, 0.3) is 11.8 Å². The highest BCUT2D eigenvalue weighted by molar-refractivity contribution is 6.04. The first-order chi connectivity index (χ1) is 13.8. The van der Waals surface area contributed by atoms with Gasteiger partial charge >= 0.3 is 0 Å². The second kappa shape index (κ2) is 8.30. The highest BCUT2D eigenvalue weighted by Crippen LogP contribution is 2.25. The lowest BCUT2D eigenvalue weighted by Gasteiger charge is -2.18. The van der Waals surface area contributed by atoms with Gasteiger partial charge in [-0.05, 0) is 52.0 Å². The molecule has 0 radical (unpaired) electrons. The number of carbonyl (C=O) groups excluding carboxylic acids is 2. The Labute approximate surface area is 169 Å². The predicted molar refractivity (Wildman–Crippen MR) is 112 cm³/mol. The maximum absolute atomic E-state index is 12.7. The molecule has 8 heteroatoms. The van der Waals surface area contributed by atoms with Crippen LogP contribution in [0.2, 0.25) is 0 Å². The third kappa shape index (κ3) is 4.06. The number of nitrogens with zero attached hydrogens (tertiary/aromatic N) is 4. The lowest BCUT2D eigenvalue weighted by atomic mass is 10.1. The van der Waals surface area contributed by atoms with Crippen LogP contribution in [0, 0.1) is 13.8 Å². The molecule has 29 heavy (non-hydrogen) atoms. The SMILES string of the molecule is CCN(CC)C(=O)c1cccc(NC(=O)c2cc(-c3c(C)nn(C)c3C)n[nH]2)c1. The number of carbonyl (C=O) groups is 2. The van der Waals surface area contributed by atoms with Gasteiger partial charge in [-0.15, -0.1) is 0 Å². The fraction of sp³-hybridized carbons (Fsp3) is 0.333. The first-order valence-corrected chi connectivity index (χ1v) is 9.62. The summed E-state index contributed by atoms with van der Waals surface area (Å²) in [6, 6.07) is 8.65. The number of hydrogen-bond acceptors (Lipinski definition) is 4. The van der Waals surface area contributed by atoms with Crippen molar-refractivity contribution in [3.8, 4) is 11.3 Å². The fourth-order valence-corrected chi connectivity index (χ4v) is 3.33. The van der Waals surface area contributed by atoms with Crippen LogP contribution >= 0.6 is 0 Å². The van der Waals surface area contributed by atoms with Crippen molar-refractivity contribution in [1.82, 2.24) is 24.9 Å². The zero-order chi connectivity index (χ0) is 21.1. The van der Waals surface area contributed by atoms with E-state index in [9.17, 15) is 9.59 Å². The minimum Gasteiger partial charge on any atom is -0.339 e. The second-order valence-corrected chi connectivity index (χ2v) is 6.85. The Morgan fingerprint density at radius 2 is 1.90 bits per heavy atom. The number of anilines is 1. The molecule has 152 valence electrons. The molecule has 2 aromatic heterocycles. The Balaban J connectivity index is 1.79. The predicted octanol–water partition coefficient (Wildman–Crippen LogP) is 3.16. The highest BCUT2D eigenvalue weighted by Gasteiger charge is 2.18. The molecular formula is C21H26N6O2. The second-order valence-electron chi connectivity index (χ2n) is 6.85. The summed E-state index contributed by atoms with van der Waals surface area (Å²) in [4.78, 5) is 26.9. The van der Waals surface area contributed by atoms with Crippen LogP contribution in [0.25, 0.3) is 11.3 Å². The van der Waals surface area contributed by atoms with Crippen molar-refractivity contribution < 1.29 is 9.59 Å². The van der Waals surface area contributed by atoms with Gasteiger partial charge < -0.3 is 10.2 Å². The normalized spacial score (nSPS) is 10.8. The molecule has 0 fully saturated rings. The molecule has 3 aromatic rings. The molecule has 2 N–H and O–H groups in total. The molecule has 2 amide bonds. The van der Waals surface area contributed by atoms with Crippen LogP contribution in [-0.2, 0) is 7.05 Å². The van der Waals surface area contributed by atoms with Gasteiger partial charge in [-0.25, -0.2) is 0 Å². The summed E-state index contributed by atoms with van der Waals surface area (Å²) < 4.78 is 1.79. The molecule has 0 saturated heterocycles. The lowest BCUT2D eigenvalue weighted by molar-refractivity contribution is 0.0772. The van der Waals surface area contributed by atoms with E-state index in [1.165, 1.54) is 0 Å². The van der Waals surface area contributed by atoms with E-state index in [0.717, 1.165) is 17.0 Å². The molecule has 0 aliphatic rings. The van der Waals surface area contributed by atoms with Gasteiger partial charge in [0.2, 0.25) is 0 Å². The summed E-state index contributed by atoms with van der Waals surface area (Å²) in [6.45, 7) is 9.02. The molecule has 8 nitrogen and oxygen atoms in total. The van der Waals surface area contributed by atoms with E-state index in [1.54, 1.807) is 39.9 Å². The topological polar surface area (TPSA) is 95.9 Å². The summed E-state index contributed by atoms with van der Waals surface area (Å²) in [5.74, 6) is -0.382. The Morgan fingerprint density at radius 1 is 1.17 bits per heavy atom. The van der Waals surface area contributed by atoms with Gasteiger partial charge in [-0.3, -0.25) is 19.4 Å². The Kier molecular flexibility index (Phi) is 5.81. The third-order valence-corrected chi connectivity index (χ3v) is 5.01. The molecule has 3 rings (SSSR count). The maximum atomic E-state index is 12.7. The number of nitrogens with one attached hydrogen (secondary N) is 2. The number of hydrogen-bond donors (Lipinski definition) is 2. The van der Waals surface area contributed by atoms with Crippen molar-refractivity contribution in [2.45, 2.75) is 27.7 Å². The third-order valence-electron chi connectivity index (χ3n) is 5.01. The van der Waals surface area contributed by atoms with Crippen molar-refractivity contribution in [2.24, 2.45) is 7.05 Å². The highest BCUT2D eigenvalue weighted by atomic mass is 16.2. The zero-order valence-corrected chi connectivity index (χ0v) is 17.4. The van der Waals surface area contributed by atoms with Crippen LogP contribution in [-0.4, -0.2) is 49.8 Å². The molecule has 0 saturated carbocycles. The van der Waals surface area contributed by atoms with Crippen molar-refractivity contribution in [3.05, 3.63) is 53.0 Å². The van der Waals surface area contributed by atoms with Crippen LogP contribution in [0.4, 0.5) is 5.69 Å². The van der Waals surface area contributed by atoms with E-state index in [0.29, 0.717) is 35.7 Å². The standard InChI is InChI=1S/C21H26N6O2/c1-6-27(7-2)21(29)15-9-8-10-16(11-15)22-20(28)18-12-17(23-24-18)19-13(3)25-26(5)14(19)4/h8-12H,6-7H2,1-5H3,(H,22,28)(H,23,24). The molecular weight excluding hydrogens is 368 g/mol. The molecule has 0 aliphatic carbocycles. The average Bonchev–Trinajstić information content (AvgIpc) is 3.27. The number of H-pyrrole nitrogens is 1. The molecule has 0 atom stereocenters. The first-order valence-electron chi connectivity index (χ1n) is 9.62. The van der Waals surface area contributed by atoms with Crippen molar-refractivity contribution >= 4 is 17.5 Å². The number of aromatic nitrogens is 4. The van der Waals surface area contributed by atoms with Gasteiger partial charge in [0.15, 0.2) is 0 Å². The van der Waals surface area contributed by atoms with E-state index in [-0.39, 0.29) is 11.8 Å². The number of benzene rings is 1. The largest absolute Gasteiger partial charge is 0.339 e. The van der Waals surface area contributed by atoms with E-state index >= 15 is 0 Å². The summed E-state index contributed by atoms with van der Waals surface area (Å²) in [5.41, 5.74) is 4.84. The van der Waals surface area contributed by atoms with Gasteiger partial charge in [0, 0.05) is 42.6 Å². The Bertz CT molecular complexity index is 1050. The fourth-order valence-electron chi connectivity index (χ4n) is 3.33. The van der Waals surface area contributed by atoms with Crippen LogP contribution in [0.1, 0.15) is 46.1 Å². The van der Waals surface area contributed by atoms with Gasteiger partial charge in [0.05, 0.1) is 11.4 Å². The molecule has 0 bridgehead atoms. The maximum Gasteiger partial charge on any atom is 0.273 e. The molecule has 1 aromatic carbocycles. The van der Waals surface area contributed by atoms with E-state index in [2.05, 4.69) is 20.6 Å². The number of aromatic amines is 1. The van der Waals surface area contributed by atoms with Gasteiger partial charge in [-0.2, -0.15) is 10.2 Å². The Morgan fingerprint density at radius 3 is 2.52 bits per heavy atom. The summed E-state index contributed by atoms with van der Waals surface area (Å²) in [7, 11) is 1.87. The smallest absolute Gasteiger partial charge is 0.273 e. The van der Waals surface area contributed by atoms with Gasteiger partial charge in [0.1, 0.15) is 5.69 Å². The minimum atomic E-state index is -0.324. The molecule has 0 spiro atoms. The number of amides is 2. The van der Waals surface area contributed by atoms with Crippen molar-refractivity contribution in [3.63, 3.8) is 0 Å². The number of aryl methyl sites for hydroxylation is 2. The number of rotatable bonds is 6. The van der Waals surface area contributed by atoms with Crippen LogP contribution in [0.5, 0.6) is 0 Å². The minimum absolute atomic E-state index is 0.0579. The summed E-state index contributed by atoms with van der Waals surface area (Å²) in [5, 5.41) is 14.3. The van der Waals surface area contributed by atoms with Crippen molar-refractivity contribution in [1.29, 1.82) is 0 Å². The van der Waals surface area contributed by atoms with E-state index < -0.39 is 0 Å². The van der Waals surface area contributed by atoms with Crippen LogP contribution < -0.4 is 5.32 Å². The molecule has 2 heterocycles. The molecule has 0 unspecified atom stereocenters. The summed E-state index contributed by atoms with van der Waals surface area (Å²) >= 11 is 0. The molecule has 0 aliphatic heterocycles. The van der Waals surface area contributed by atoms with E-state index in [4.69, 9.17) is 0 Å². The van der Waals surface area contributed by atoms with E-state index in [1.807, 2.05) is 34.7 Å². The monoisotopic (exact) mass is 394 g/mol. The quantitative estimate of drug-likeness (QED) is 0.671. The van der Waals surface area contributed by atoms with Crippen LogP contribution in [0.15, 0.2) is 30.3 Å². The first kappa shape index (κ1) is 20.3. The summed E-state index contributed by atoms with van der Waals surface area (Å²) in [6.07, 6.45) is 0. The average molecular weight is 394 g/mol. The Hall–Kier alpha value is -3.42. The van der Waals surface area contributed by atoms with Gasteiger partial charge in [-0.1, -0.05) is 6.07 Å².